The molecule has 0 amide bonds. The van der Waals surface area contributed by atoms with E-state index in [1.54, 1.807) is 0 Å². The van der Waals surface area contributed by atoms with Crippen LogP contribution in [0.4, 0.5) is 0 Å². The molecule has 0 aromatic rings. The molecule has 2 saturated heterocycles. The van der Waals surface area contributed by atoms with Crippen LogP contribution in [0.5, 0.6) is 0 Å². The minimum absolute atomic E-state index is 0.251. The lowest BCUT2D eigenvalue weighted by molar-refractivity contribution is -0.0514. The Bertz CT molecular complexity index is 250. The number of rotatable bonds is 5. The average Bonchev–Trinajstić information content (AvgIpc) is 2.62. The fraction of sp³-hybridized carbons (Fsp3) is 1.00. The van der Waals surface area contributed by atoms with Crippen LogP contribution in [-0.2, 0) is 4.74 Å². The molecule has 106 valence electrons. The van der Waals surface area contributed by atoms with E-state index in [0.717, 1.165) is 19.6 Å². The lowest BCUT2D eigenvalue weighted by atomic mass is 10.1. The van der Waals surface area contributed by atoms with Crippen molar-refractivity contribution in [2.45, 2.75) is 77.2 Å². The van der Waals surface area contributed by atoms with Crippen molar-refractivity contribution >= 4 is 0 Å². The normalized spacial score (nSPS) is 30.7. The van der Waals surface area contributed by atoms with Crippen molar-refractivity contribution in [2.24, 2.45) is 0 Å². The Balaban J connectivity index is 1.64. The molecule has 3 atom stereocenters. The number of fused-ring (bicyclic) bond motifs is 2. The smallest absolute Gasteiger partial charge is 0.0707 e. The molecule has 0 aromatic carbocycles. The zero-order chi connectivity index (χ0) is 13.2. The second-order valence-corrected chi connectivity index (χ2v) is 7.08. The van der Waals surface area contributed by atoms with Crippen LogP contribution in [0.2, 0.25) is 0 Å². The number of hydrogen-bond acceptors (Lipinski definition) is 3. The third-order valence-electron chi connectivity index (χ3n) is 4.15. The SMILES string of the molecule is CC(CCCNC(C)(C)C)N1CC2CCC(C1)O2. The zero-order valence-electron chi connectivity index (χ0n) is 12.5. The van der Waals surface area contributed by atoms with Crippen LogP contribution < -0.4 is 5.32 Å². The summed E-state index contributed by atoms with van der Waals surface area (Å²) in [5, 5.41) is 3.57. The summed E-state index contributed by atoms with van der Waals surface area (Å²) >= 11 is 0. The molecule has 2 heterocycles. The largest absolute Gasteiger partial charge is 0.372 e. The molecule has 0 aromatic heterocycles. The van der Waals surface area contributed by atoms with Crippen LogP contribution in [0.1, 0.15) is 53.4 Å². The highest BCUT2D eigenvalue weighted by atomic mass is 16.5. The molecule has 3 unspecified atom stereocenters. The van der Waals surface area contributed by atoms with Crippen LogP contribution in [0, 0.1) is 0 Å². The molecule has 0 saturated carbocycles. The first kappa shape index (κ1) is 14.3. The van der Waals surface area contributed by atoms with Gasteiger partial charge in [-0.3, -0.25) is 4.90 Å². The van der Waals surface area contributed by atoms with Gasteiger partial charge in [-0.05, 0) is 59.9 Å². The van der Waals surface area contributed by atoms with E-state index in [4.69, 9.17) is 4.74 Å². The number of nitrogens with one attached hydrogen (secondary N) is 1. The van der Waals surface area contributed by atoms with Gasteiger partial charge in [0.1, 0.15) is 0 Å². The summed E-state index contributed by atoms with van der Waals surface area (Å²) in [7, 11) is 0. The molecule has 0 aliphatic carbocycles. The van der Waals surface area contributed by atoms with Gasteiger partial charge < -0.3 is 10.1 Å². The molecule has 0 radical (unpaired) electrons. The van der Waals surface area contributed by atoms with Crippen LogP contribution in [0.25, 0.3) is 0 Å². The molecule has 1 N–H and O–H groups in total. The Labute approximate surface area is 112 Å². The Morgan fingerprint density at radius 3 is 2.39 bits per heavy atom. The molecule has 0 spiro atoms. The van der Waals surface area contributed by atoms with E-state index in [1.807, 2.05) is 0 Å². The van der Waals surface area contributed by atoms with Crippen molar-refractivity contribution in [1.82, 2.24) is 10.2 Å². The van der Waals surface area contributed by atoms with E-state index in [-0.39, 0.29) is 5.54 Å². The Morgan fingerprint density at radius 1 is 1.22 bits per heavy atom. The van der Waals surface area contributed by atoms with Crippen LogP contribution in [0.15, 0.2) is 0 Å². The van der Waals surface area contributed by atoms with E-state index in [0.29, 0.717) is 18.2 Å². The first-order valence-electron chi connectivity index (χ1n) is 7.58. The van der Waals surface area contributed by atoms with E-state index in [9.17, 15) is 0 Å². The maximum atomic E-state index is 5.89. The summed E-state index contributed by atoms with van der Waals surface area (Å²) in [6.45, 7) is 12.5. The highest BCUT2D eigenvalue weighted by Crippen LogP contribution is 2.27. The summed E-state index contributed by atoms with van der Waals surface area (Å²) in [6, 6.07) is 0.707. The van der Waals surface area contributed by atoms with Gasteiger partial charge in [0.15, 0.2) is 0 Å². The number of nitrogens with zero attached hydrogens (tertiary/aromatic N) is 1. The van der Waals surface area contributed by atoms with Gasteiger partial charge >= 0.3 is 0 Å². The fourth-order valence-corrected chi connectivity index (χ4v) is 3.05. The van der Waals surface area contributed by atoms with Crippen LogP contribution in [0.3, 0.4) is 0 Å². The highest BCUT2D eigenvalue weighted by molar-refractivity contribution is 4.87. The third kappa shape index (κ3) is 4.22. The van der Waals surface area contributed by atoms with Gasteiger partial charge in [0, 0.05) is 24.7 Å². The van der Waals surface area contributed by atoms with Gasteiger partial charge in [-0.2, -0.15) is 0 Å². The molecule has 2 bridgehead atoms. The Morgan fingerprint density at radius 2 is 1.83 bits per heavy atom. The Kier molecular flexibility index (Phi) is 4.68. The molecule has 18 heavy (non-hydrogen) atoms. The van der Waals surface area contributed by atoms with Gasteiger partial charge in [0.25, 0.3) is 0 Å². The van der Waals surface area contributed by atoms with Gasteiger partial charge in [-0.1, -0.05) is 0 Å². The minimum atomic E-state index is 0.251. The predicted molar refractivity (Wildman–Crippen MR) is 75.9 cm³/mol. The summed E-state index contributed by atoms with van der Waals surface area (Å²) in [5.41, 5.74) is 0.251. The van der Waals surface area contributed by atoms with Gasteiger partial charge in [0.2, 0.25) is 0 Å². The molecule has 2 aliphatic heterocycles. The van der Waals surface area contributed by atoms with Crippen LogP contribution >= 0.6 is 0 Å². The lowest BCUT2D eigenvalue weighted by Crippen LogP contribution is -2.47. The van der Waals surface area contributed by atoms with Crippen molar-refractivity contribution in [1.29, 1.82) is 0 Å². The van der Waals surface area contributed by atoms with E-state index >= 15 is 0 Å². The number of morpholine rings is 1. The summed E-state index contributed by atoms with van der Waals surface area (Å²) < 4.78 is 5.89. The second kappa shape index (κ2) is 5.89. The predicted octanol–water partition coefficient (Wildman–Crippen LogP) is 2.41. The zero-order valence-corrected chi connectivity index (χ0v) is 12.5. The second-order valence-electron chi connectivity index (χ2n) is 7.08. The number of ether oxygens (including phenoxy) is 1. The molecule has 2 aliphatic rings. The topological polar surface area (TPSA) is 24.5 Å². The standard InChI is InChI=1S/C15H30N2O/c1-12(6-5-9-16-15(2,3)4)17-10-13-7-8-14(11-17)18-13/h12-14,16H,5-11H2,1-4H3. The number of likely N-dealkylation sites (tertiary alicyclic amines) is 1. The van der Waals surface area contributed by atoms with Crippen molar-refractivity contribution in [2.75, 3.05) is 19.6 Å². The fourth-order valence-electron chi connectivity index (χ4n) is 3.05. The van der Waals surface area contributed by atoms with E-state index in [1.165, 1.54) is 25.7 Å². The van der Waals surface area contributed by atoms with E-state index in [2.05, 4.69) is 37.9 Å². The molecule has 2 rings (SSSR count). The van der Waals surface area contributed by atoms with Gasteiger partial charge in [-0.15, -0.1) is 0 Å². The van der Waals surface area contributed by atoms with Crippen molar-refractivity contribution < 1.29 is 4.74 Å². The molecular weight excluding hydrogens is 224 g/mol. The number of hydrogen-bond donors (Lipinski definition) is 1. The molecule has 3 nitrogen and oxygen atoms in total. The van der Waals surface area contributed by atoms with Crippen molar-refractivity contribution in [3.63, 3.8) is 0 Å². The lowest BCUT2D eigenvalue weighted by Gasteiger charge is -2.36. The average molecular weight is 254 g/mol. The first-order chi connectivity index (χ1) is 8.44. The van der Waals surface area contributed by atoms with E-state index < -0.39 is 0 Å². The third-order valence-corrected chi connectivity index (χ3v) is 4.15. The maximum absolute atomic E-state index is 5.89. The minimum Gasteiger partial charge on any atom is -0.372 e. The summed E-state index contributed by atoms with van der Waals surface area (Å²) in [6.07, 6.45) is 6.17. The van der Waals surface area contributed by atoms with Gasteiger partial charge in [0.05, 0.1) is 12.2 Å². The van der Waals surface area contributed by atoms with Crippen molar-refractivity contribution in [3.05, 3.63) is 0 Å². The first-order valence-corrected chi connectivity index (χ1v) is 7.58. The Hall–Kier alpha value is -0.120. The van der Waals surface area contributed by atoms with Crippen LogP contribution in [-0.4, -0.2) is 48.3 Å². The monoisotopic (exact) mass is 254 g/mol. The maximum Gasteiger partial charge on any atom is 0.0707 e. The molecular formula is C15H30N2O. The van der Waals surface area contributed by atoms with Crippen molar-refractivity contribution in [3.8, 4) is 0 Å². The molecule has 2 fully saturated rings. The summed E-state index contributed by atoms with van der Waals surface area (Å²) in [5.74, 6) is 0. The quantitative estimate of drug-likeness (QED) is 0.763. The highest BCUT2D eigenvalue weighted by Gasteiger charge is 2.35. The van der Waals surface area contributed by atoms with Gasteiger partial charge in [-0.25, -0.2) is 0 Å². The summed E-state index contributed by atoms with van der Waals surface area (Å²) in [4.78, 5) is 2.64. The molecule has 3 heteroatoms.